The first-order valence-corrected chi connectivity index (χ1v) is 18.6. The van der Waals surface area contributed by atoms with Crippen LogP contribution < -0.4 is 26.6 Å². The fraction of sp³-hybridized carbons (Fsp3) is 0.390. The van der Waals surface area contributed by atoms with Crippen LogP contribution >= 0.6 is 0 Å². The summed E-state index contributed by atoms with van der Waals surface area (Å²) in [5.74, 6) is -7.71. The lowest BCUT2D eigenvalue weighted by atomic mass is 9.78. The van der Waals surface area contributed by atoms with E-state index in [2.05, 4.69) is 26.6 Å². The number of phenolic OH excluding ortho intramolecular Hbond substituents is 1. The Bertz CT molecular complexity index is 1820. The van der Waals surface area contributed by atoms with Crippen molar-refractivity contribution < 1.29 is 48.9 Å². The van der Waals surface area contributed by atoms with Gasteiger partial charge in [0.2, 0.25) is 29.5 Å². The quantitative estimate of drug-likeness (QED) is 0.0880. The highest BCUT2D eigenvalue weighted by Gasteiger charge is 2.38. The third kappa shape index (κ3) is 13.0. The molecule has 3 aromatic carbocycles. The predicted octanol–water partition coefficient (Wildman–Crippen LogP) is 1.86. The van der Waals surface area contributed by atoms with Crippen LogP contribution in [0.3, 0.4) is 0 Å². The molecule has 0 bridgehead atoms. The second-order valence-corrected chi connectivity index (χ2v) is 13.9. The number of benzene rings is 3. The molecule has 1 aliphatic rings. The molecule has 0 heterocycles. The van der Waals surface area contributed by atoms with Crippen LogP contribution in [0.1, 0.15) is 55.2 Å². The summed E-state index contributed by atoms with van der Waals surface area (Å²) in [6.07, 6.45) is 1.06. The normalized spacial score (nSPS) is 17.2. The molecular weight excluding hydrogens is 722 g/mol. The Morgan fingerprint density at radius 2 is 1.00 bits per heavy atom. The Balaban J connectivity index is 1.60. The van der Waals surface area contributed by atoms with E-state index in [0.29, 0.717) is 36.8 Å². The fourth-order valence-electron chi connectivity index (χ4n) is 6.74. The molecule has 0 radical (unpaired) electrons. The number of carbonyl (C=O) groups is 7. The zero-order valence-corrected chi connectivity index (χ0v) is 31.1. The molecular formula is C41H49N5O10. The van der Waals surface area contributed by atoms with E-state index in [1.165, 1.54) is 19.2 Å². The van der Waals surface area contributed by atoms with Crippen molar-refractivity contribution in [2.75, 3.05) is 7.05 Å². The lowest BCUT2D eigenvalue weighted by Crippen LogP contribution is -2.59. The van der Waals surface area contributed by atoms with Crippen molar-refractivity contribution in [2.45, 2.75) is 82.0 Å². The maximum absolute atomic E-state index is 14.1. The molecule has 298 valence electrons. The van der Waals surface area contributed by atoms with Gasteiger partial charge in [-0.05, 0) is 48.1 Å². The molecule has 3 aromatic rings. The number of aromatic hydroxyl groups is 1. The van der Waals surface area contributed by atoms with Crippen LogP contribution in [0.15, 0.2) is 84.9 Å². The minimum atomic E-state index is -1.43. The molecule has 56 heavy (non-hydrogen) atoms. The molecule has 15 heteroatoms. The number of likely N-dealkylation sites (N-methyl/N-ethyl adjacent to an activating group) is 1. The van der Waals surface area contributed by atoms with Gasteiger partial charge in [0.15, 0.2) is 0 Å². The summed E-state index contributed by atoms with van der Waals surface area (Å²) in [5.41, 5.74) is 1.93. The van der Waals surface area contributed by atoms with Crippen molar-refractivity contribution in [3.8, 4) is 5.75 Å². The van der Waals surface area contributed by atoms with Crippen LogP contribution in [-0.2, 0) is 52.8 Å². The third-order valence-corrected chi connectivity index (χ3v) is 9.79. The molecule has 1 aliphatic carbocycles. The number of carboxylic acid groups (broad SMARTS) is 2. The highest BCUT2D eigenvalue weighted by atomic mass is 16.4. The minimum Gasteiger partial charge on any atom is -0.508 e. The Labute approximate surface area is 324 Å². The molecule has 1 saturated carbocycles. The first kappa shape index (κ1) is 42.5. The second-order valence-electron chi connectivity index (χ2n) is 13.9. The van der Waals surface area contributed by atoms with Gasteiger partial charge in [-0.15, -0.1) is 0 Å². The van der Waals surface area contributed by atoms with Crippen molar-refractivity contribution in [3.05, 3.63) is 102 Å². The van der Waals surface area contributed by atoms with Crippen LogP contribution in [-0.4, -0.2) is 88.0 Å². The van der Waals surface area contributed by atoms with Crippen LogP contribution in [0, 0.1) is 11.8 Å². The summed E-state index contributed by atoms with van der Waals surface area (Å²) in [6.45, 7) is 0. The van der Waals surface area contributed by atoms with Gasteiger partial charge in [0, 0.05) is 32.7 Å². The van der Waals surface area contributed by atoms with E-state index in [1.807, 2.05) is 0 Å². The minimum absolute atomic E-state index is 0.0203. The van der Waals surface area contributed by atoms with Gasteiger partial charge in [-0.3, -0.25) is 33.6 Å². The maximum atomic E-state index is 14.1. The molecule has 0 aromatic heterocycles. The van der Waals surface area contributed by atoms with Crippen molar-refractivity contribution >= 4 is 41.5 Å². The van der Waals surface area contributed by atoms with Gasteiger partial charge in [0.05, 0.1) is 11.8 Å². The van der Waals surface area contributed by atoms with Gasteiger partial charge >= 0.3 is 11.9 Å². The molecule has 8 N–H and O–H groups in total. The number of rotatable bonds is 19. The zero-order chi connectivity index (χ0) is 40.6. The summed E-state index contributed by atoms with van der Waals surface area (Å²) in [7, 11) is 1.41. The molecule has 0 aliphatic heterocycles. The summed E-state index contributed by atoms with van der Waals surface area (Å²) in [5, 5.41) is 42.2. The summed E-state index contributed by atoms with van der Waals surface area (Å²) >= 11 is 0. The number of aliphatic carboxylic acids is 2. The zero-order valence-electron chi connectivity index (χ0n) is 31.1. The van der Waals surface area contributed by atoms with Crippen LogP contribution in [0.4, 0.5) is 0 Å². The number of phenols is 1. The number of hydrogen-bond donors (Lipinski definition) is 8. The van der Waals surface area contributed by atoms with E-state index >= 15 is 0 Å². The lowest BCUT2D eigenvalue weighted by molar-refractivity contribution is -0.149. The number of nitrogens with one attached hydrogen (secondary N) is 5. The number of carboxylic acids is 2. The van der Waals surface area contributed by atoms with Gasteiger partial charge in [-0.2, -0.15) is 0 Å². The largest absolute Gasteiger partial charge is 0.508 e. The van der Waals surface area contributed by atoms with Crippen molar-refractivity contribution in [2.24, 2.45) is 11.8 Å². The molecule has 0 unspecified atom stereocenters. The Morgan fingerprint density at radius 3 is 1.48 bits per heavy atom. The van der Waals surface area contributed by atoms with E-state index in [4.69, 9.17) is 0 Å². The van der Waals surface area contributed by atoms with Crippen LogP contribution in [0.2, 0.25) is 0 Å². The molecule has 6 atom stereocenters. The van der Waals surface area contributed by atoms with E-state index in [1.54, 1.807) is 72.8 Å². The highest BCUT2D eigenvalue weighted by Crippen LogP contribution is 2.30. The SMILES string of the molecule is CNC(=O)[C@H](Cc1ccccc1)NC(=O)[C@H](CCC(=O)O)NC(=O)[C@H](Cc1ccccc1)NC(=O)[C@H](Cc1ccc(O)cc1)NC(=O)[C@H]1CCCC[C@@H]1C(=O)O. The number of carbonyl (C=O) groups excluding carboxylic acids is 5. The topological polar surface area (TPSA) is 240 Å². The van der Waals surface area contributed by atoms with Crippen molar-refractivity contribution in [1.82, 2.24) is 26.6 Å². The average molecular weight is 772 g/mol. The van der Waals surface area contributed by atoms with Crippen LogP contribution in [0.25, 0.3) is 0 Å². The average Bonchev–Trinajstić information content (AvgIpc) is 3.19. The number of hydrogen-bond acceptors (Lipinski definition) is 8. The molecule has 1 fully saturated rings. The standard InChI is InChI=1S/C41H49N5O10/c1-42-37(51)32(22-25-10-4-2-5-11-25)45-38(52)31(20-21-35(48)49)43-39(53)34(23-26-12-6-3-7-13-26)46-40(54)33(24-27-16-18-28(47)19-17-27)44-36(50)29-14-8-9-15-30(29)41(55)56/h2-7,10-13,16-19,29-34,47H,8-9,14-15,20-24H2,1H3,(H,42,51)(H,43,53)(H,44,50)(H,45,52)(H,46,54)(H,48,49)(H,55,56)/t29-,30-,31-,32-,33-,34-/m0/s1. The molecule has 0 spiro atoms. The molecule has 15 nitrogen and oxygen atoms in total. The van der Waals surface area contributed by atoms with Gasteiger partial charge < -0.3 is 41.9 Å². The van der Waals surface area contributed by atoms with Crippen molar-refractivity contribution in [3.63, 3.8) is 0 Å². The predicted molar refractivity (Wildman–Crippen MR) is 204 cm³/mol. The summed E-state index contributed by atoms with van der Waals surface area (Å²) in [4.78, 5) is 92.0. The fourth-order valence-corrected chi connectivity index (χ4v) is 6.74. The second kappa shape index (κ2) is 21.0. The third-order valence-electron chi connectivity index (χ3n) is 9.79. The van der Waals surface area contributed by atoms with Gasteiger partial charge in [0.1, 0.15) is 29.9 Å². The highest BCUT2D eigenvalue weighted by molar-refractivity contribution is 5.96. The Morgan fingerprint density at radius 1 is 0.571 bits per heavy atom. The monoisotopic (exact) mass is 771 g/mol. The van der Waals surface area contributed by atoms with Gasteiger partial charge in [-0.1, -0.05) is 85.6 Å². The van der Waals surface area contributed by atoms with Gasteiger partial charge in [-0.25, -0.2) is 0 Å². The van der Waals surface area contributed by atoms with E-state index in [-0.39, 0.29) is 31.4 Å². The van der Waals surface area contributed by atoms with Gasteiger partial charge in [0.25, 0.3) is 0 Å². The van der Waals surface area contributed by atoms with E-state index in [0.717, 1.165) is 5.56 Å². The molecule has 0 saturated heterocycles. The molecule has 4 rings (SSSR count). The van der Waals surface area contributed by atoms with E-state index in [9.17, 15) is 48.9 Å². The smallest absolute Gasteiger partial charge is 0.307 e. The summed E-state index contributed by atoms with van der Waals surface area (Å²) < 4.78 is 0. The number of amides is 5. The van der Waals surface area contributed by atoms with Crippen molar-refractivity contribution in [1.29, 1.82) is 0 Å². The lowest BCUT2D eigenvalue weighted by Gasteiger charge is -2.30. The first-order chi connectivity index (χ1) is 26.8. The summed E-state index contributed by atoms with van der Waals surface area (Å²) in [6, 6.07) is 18.4. The molecule has 5 amide bonds. The maximum Gasteiger partial charge on any atom is 0.307 e. The first-order valence-electron chi connectivity index (χ1n) is 18.6. The Hall–Kier alpha value is -6.25. The van der Waals surface area contributed by atoms with Crippen LogP contribution in [0.5, 0.6) is 5.75 Å². The van der Waals surface area contributed by atoms with E-state index < -0.39 is 83.9 Å². The Kier molecular flexibility index (Phi) is 15.9.